The van der Waals surface area contributed by atoms with E-state index in [1.807, 2.05) is 0 Å². The molecule has 1 aromatic carbocycles. The van der Waals surface area contributed by atoms with Gasteiger partial charge in [0.1, 0.15) is 5.82 Å². The molecule has 98 valence electrons. The number of nitrogens with zero attached hydrogens (tertiary/aromatic N) is 3. The summed E-state index contributed by atoms with van der Waals surface area (Å²) < 4.78 is 5.41. The summed E-state index contributed by atoms with van der Waals surface area (Å²) in [5.41, 5.74) is 11.4. The second kappa shape index (κ2) is 4.77. The summed E-state index contributed by atoms with van der Waals surface area (Å²) in [6.45, 7) is 1.69. The molecule has 0 aliphatic heterocycles. The van der Waals surface area contributed by atoms with Gasteiger partial charge in [0, 0.05) is 12.1 Å². The van der Waals surface area contributed by atoms with Crippen molar-refractivity contribution in [3.05, 3.63) is 39.9 Å². The van der Waals surface area contributed by atoms with E-state index in [0.29, 0.717) is 5.56 Å². The zero-order valence-corrected chi connectivity index (χ0v) is 10.0. The molecule has 8 heteroatoms. The third-order valence-corrected chi connectivity index (χ3v) is 2.33. The number of anilines is 2. The van der Waals surface area contributed by atoms with Gasteiger partial charge in [0.25, 0.3) is 0 Å². The van der Waals surface area contributed by atoms with Gasteiger partial charge in [-0.3, -0.25) is 10.1 Å². The quantitative estimate of drug-likeness (QED) is 0.634. The molecule has 0 amide bonds. The number of hydrogen-bond donors (Lipinski definition) is 2. The Morgan fingerprint density at radius 2 is 2.05 bits per heavy atom. The number of nitro benzene ring substituents is 1. The van der Waals surface area contributed by atoms with Crippen molar-refractivity contribution in [2.24, 2.45) is 0 Å². The summed E-state index contributed by atoms with van der Waals surface area (Å²) in [5, 5.41) is 10.9. The second-order valence-corrected chi connectivity index (χ2v) is 3.77. The van der Waals surface area contributed by atoms with Crippen molar-refractivity contribution < 1.29 is 9.66 Å². The van der Waals surface area contributed by atoms with Crippen LogP contribution in [0.4, 0.5) is 17.5 Å². The van der Waals surface area contributed by atoms with Gasteiger partial charge in [0.2, 0.25) is 17.6 Å². The monoisotopic (exact) mass is 261 g/mol. The van der Waals surface area contributed by atoms with Crippen LogP contribution in [-0.4, -0.2) is 14.9 Å². The Morgan fingerprint density at radius 1 is 1.32 bits per heavy atom. The van der Waals surface area contributed by atoms with Gasteiger partial charge in [-0.25, -0.2) is 0 Å². The predicted octanol–water partition coefficient (Wildman–Crippen LogP) is 1.65. The Morgan fingerprint density at radius 3 is 2.68 bits per heavy atom. The average Bonchev–Trinajstić information content (AvgIpc) is 2.30. The zero-order valence-electron chi connectivity index (χ0n) is 10.0. The SMILES string of the molecule is Cc1cccc([N+](=O)[O-])c1Oc1cc(N)nc(N)n1. The van der Waals surface area contributed by atoms with Gasteiger partial charge < -0.3 is 16.2 Å². The van der Waals surface area contributed by atoms with Gasteiger partial charge in [-0.15, -0.1) is 0 Å². The van der Waals surface area contributed by atoms with E-state index in [-0.39, 0.29) is 29.1 Å². The first-order valence-electron chi connectivity index (χ1n) is 5.29. The topological polar surface area (TPSA) is 130 Å². The van der Waals surface area contributed by atoms with Crippen molar-refractivity contribution in [3.8, 4) is 11.6 Å². The molecule has 0 radical (unpaired) electrons. The molecular weight excluding hydrogens is 250 g/mol. The molecule has 0 atom stereocenters. The minimum atomic E-state index is -0.532. The van der Waals surface area contributed by atoms with Crippen molar-refractivity contribution >= 4 is 17.5 Å². The summed E-state index contributed by atoms with van der Waals surface area (Å²) in [6, 6.07) is 5.95. The third-order valence-electron chi connectivity index (χ3n) is 2.33. The molecule has 0 bridgehead atoms. The maximum atomic E-state index is 10.9. The van der Waals surface area contributed by atoms with E-state index < -0.39 is 4.92 Å². The van der Waals surface area contributed by atoms with Crippen LogP contribution in [0.1, 0.15) is 5.56 Å². The highest BCUT2D eigenvalue weighted by Gasteiger charge is 2.18. The lowest BCUT2D eigenvalue weighted by atomic mass is 10.2. The molecule has 0 saturated carbocycles. The van der Waals surface area contributed by atoms with Crippen molar-refractivity contribution in [1.82, 2.24) is 9.97 Å². The molecular formula is C11H11N5O3. The predicted molar refractivity (Wildman–Crippen MR) is 68.8 cm³/mol. The van der Waals surface area contributed by atoms with Gasteiger partial charge in [0.15, 0.2) is 0 Å². The molecule has 1 heterocycles. The molecule has 4 N–H and O–H groups in total. The van der Waals surface area contributed by atoms with E-state index in [1.54, 1.807) is 19.1 Å². The van der Waals surface area contributed by atoms with E-state index in [4.69, 9.17) is 16.2 Å². The van der Waals surface area contributed by atoms with Crippen LogP contribution in [0.15, 0.2) is 24.3 Å². The molecule has 8 nitrogen and oxygen atoms in total. The summed E-state index contributed by atoms with van der Waals surface area (Å²) in [5.74, 6) is 0.220. The second-order valence-electron chi connectivity index (χ2n) is 3.77. The summed E-state index contributed by atoms with van der Waals surface area (Å²) in [6.07, 6.45) is 0. The smallest absolute Gasteiger partial charge is 0.311 e. The summed E-state index contributed by atoms with van der Waals surface area (Å²) in [7, 11) is 0. The summed E-state index contributed by atoms with van der Waals surface area (Å²) in [4.78, 5) is 17.9. The summed E-state index contributed by atoms with van der Waals surface area (Å²) >= 11 is 0. The lowest BCUT2D eigenvalue weighted by Gasteiger charge is -2.08. The average molecular weight is 261 g/mol. The first kappa shape index (κ1) is 12.6. The number of benzene rings is 1. The maximum absolute atomic E-state index is 10.9. The Kier molecular flexibility index (Phi) is 3.15. The van der Waals surface area contributed by atoms with E-state index in [1.165, 1.54) is 12.1 Å². The van der Waals surface area contributed by atoms with Gasteiger partial charge in [0.05, 0.1) is 4.92 Å². The van der Waals surface area contributed by atoms with Crippen molar-refractivity contribution in [2.75, 3.05) is 11.5 Å². The van der Waals surface area contributed by atoms with Crippen LogP contribution in [0.5, 0.6) is 11.6 Å². The van der Waals surface area contributed by atoms with Crippen LogP contribution in [0.2, 0.25) is 0 Å². The number of rotatable bonds is 3. The molecule has 1 aromatic heterocycles. The van der Waals surface area contributed by atoms with Crippen LogP contribution in [-0.2, 0) is 0 Å². The molecule has 0 spiro atoms. The highest BCUT2D eigenvalue weighted by Crippen LogP contribution is 2.34. The van der Waals surface area contributed by atoms with Crippen LogP contribution in [0, 0.1) is 17.0 Å². The minimum Gasteiger partial charge on any atom is -0.431 e. The standard InChI is InChI=1S/C11H11N5O3/c1-6-3-2-4-7(16(17)18)10(6)19-9-5-8(12)14-11(13)15-9/h2-5H,1H3,(H4,12,13,14,15). The third kappa shape index (κ3) is 2.68. The van der Waals surface area contributed by atoms with Gasteiger partial charge >= 0.3 is 5.69 Å². The normalized spacial score (nSPS) is 10.2. The van der Waals surface area contributed by atoms with Crippen LogP contribution >= 0.6 is 0 Å². The van der Waals surface area contributed by atoms with Crippen LogP contribution < -0.4 is 16.2 Å². The number of nitrogen functional groups attached to an aromatic ring is 2. The molecule has 0 unspecified atom stereocenters. The highest BCUT2D eigenvalue weighted by atomic mass is 16.6. The van der Waals surface area contributed by atoms with Crippen molar-refractivity contribution in [1.29, 1.82) is 0 Å². The maximum Gasteiger partial charge on any atom is 0.311 e. The lowest BCUT2D eigenvalue weighted by Crippen LogP contribution is -2.02. The number of aryl methyl sites for hydroxylation is 1. The number of hydrogen-bond acceptors (Lipinski definition) is 7. The van der Waals surface area contributed by atoms with Crippen LogP contribution in [0.25, 0.3) is 0 Å². The van der Waals surface area contributed by atoms with E-state index in [0.717, 1.165) is 0 Å². The number of aromatic nitrogens is 2. The fourth-order valence-corrected chi connectivity index (χ4v) is 1.53. The number of nitrogens with two attached hydrogens (primary N) is 2. The highest BCUT2D eigenvalue weighted by molar-refractivity contribution is 5.53. The number of nitro groups is 1. The van der Waals surface area contributed by atoms with E-state index in [9.17, 15) is 10.1 Å². The van der Waals surface area contributed by atoms with Crippen molar-refractivity contribution in [2.45, 2.75) is 6.92 Å². The zero-order chi connectivity index (χ0) is 14.0. The minimum absolute atomic E-state index is 0.0578. The number of para-hydroxylation sites is 1. The largest absolute Gasteiger partial charge is 0.431 e. The Hall–Kier alpha value is -2.90. The fraction of sp³-hybridized carbons (Fsp3) is 0.0909. The first-order valence-corrected chi connectivity index (χ1v) is 5.29. The van der Waals surface area contributed by atoms with Crippen molar-refractivity contribution in [3.63, 3.8) is 0 Å². The fourth-order valence-electron chi connectivity index (χ4n) is 1.53. The number of ether oxygens (including phenoxy) is 1. The Balaban J connectivity index is 2.45. The molecule has 2 aromatic rings. The first-order chi connectivity index (χ1) is 8.97. The Labute approximate surface area is 108 Å². The molecule has 0 aliphatic carbocycles. The lowest BCUT2D eigenvalue weighted by molar-refractivity contribution is -0.385. The van der Waals surface area contributed by atoms with Gasteiger partial charge in [-0.1, -0.05) is 12.1 Å². The van der Waals surface area contributed by atoms with Gasteiger partial charge in [-0.05, 0) is 12.5 Å². The Bertz CT molecular complexity index is 624. The molecule has 2 rings (SSSR count). The molecule has 0 saturated heterocycles. The molecule has 0 aliphatic rings. The van der Waals surface area contributed by atoms with Gasteiger partial charge in [-0.2, -0.15) is 9.97 Å². The molecule has 0 fully saturated rings. The molecule has 19 heavy (non-hydrogen) atoms. The van der Waals surface area contributed by atoms with E-state index >= 15 is 0 Å². The van der Waals surface area contributed by atoms with E-state index in [2.05, 4.69) is 9.97 Å². The van der Waals surface area contributed by atoms with Crippen LogP contribution in [0.3, 0.4) is 0 Å².